The van der Waals surface area contributed by atoms with Gasteiger partial charge in [-0.05, 0) is 62.8 Å². The van der Waals surface area contributed by atoms with Crippen molar-refractivity contribution in [2.45, 2.75) is 0 Å². The number of amides is 1. The Kier molecular flexibility index (Phi) is 5.14. The maximum absolute atomic E-state index is 13.7. The summed E-state index contributed by atoms with van der Waals surface area (Å²) >= 11 is 8.14. The number of benzene rings is 2. The molecule has 0 aliphatic carbocycles. The van der Waals surface area contributed by atoms with Crippen LogP contribution in [0.15, 0.2) is 39.3 Å². The molecule has 0 aliphatic rings. The summed E-state index contributed by atoms with van der Waals surface area (Å²) in [6.45, 7) is 0. The molecule has 0 atom stereocenters. The van der Waals surface area contributed by atoms with Crippen molar-refractivity contribution in [3.05, 3.63) is 60.0 Å². The second-order valence-electron chi connectivity index (χ2n) is 3.82. The van der Waals surface area contributed by atoms with Crippen molar-refractivity contribution in [3.8, 4) is 0 Å². The molecule has 0 saturated carbocycles. The summed E-state index contributed by atoms with van der Waals surface area (Å²) in [4.78, 5) is 12.1. The van der Waals surface area contributed by atoms with Gasteiger partial charge in [-0.15, -0.1) is 0 Å². The average Bonchev–Trinajstić information content (AvgIpc) is 2.38. The van der Waals surface area contributed by atoms with E-state index in [2.05, 4.69) is 37.2 Å². The highest BCUT2D eigenvalue weighted by atomic mass is 127. The molecule has 0 unspecified atom stereocenters. The van der Waals surface area contributed by atoms with Gasteiger partial charge >= 0.3 is 0 Å². The average molecular weight is 517 g/mol. The Hall–Kier alpha value is -0.540. The molecule has 1 amide bonds. The van der Waals surface area contributed by atoms with Crippen LogP contribution >= 0.6 is 54.5 Å². The van der Waals surface area contributed by atoms with Gasteiger partial charge in [-0.25, -0.2) is 8.78 Å². The van der Waals surface area contributed by atoms with E-state index in [9.17, 15) is 13.6 Å². The third kappa shape index (κ3) is 3.56. The minimum Gasteiger partial charge on any atom is -0.319 e. The lowest BCUT2D eigenvalue weighted by atomic mass is 10.2. The fraction of sp³-hybridized carbons (Fsp3) is 0. The van der Waals surface area contributed by atoms with Crippen LogP contribution in [0, 0.1) is 15.2 Å². The molecule has 2 nitrogen and oxygen atoms in total. The number of anilines is 1. The van der Waals surface area contributed by atoms with Gasteiger partial charge < -0.3 is 5.32 Å². The summed E-state index contributed by atoms with van der Waals surface area (Å²) in [6, 6.07) is 7.06. The molecule has 0 aliphatic heterocycles. The predicted octanol–water partition coefficient (Wildman–Crippen LogP) is 5.35. The van der Waals surface area contributed by atoms with Gasteiger partial charge in [-0.1, -0.05) is 15.9 Å². The molecule has 0 saturated heterocycles. The van der Waals surface area contributed by atoms with Crippen LogP contribution in [-0.4, -0.2) is 5.91 Å². The first-order valence-corrected chi connectivity index (χ1v) is 7.96. The van der Waals surface area contributed by atoms with Gasteiger partial charge in [0.05, 0.1) is 15.7 Å². The van der Waals surface area contributed by atoms with E-state index < -0.39 is 17.5 Å². The van der Waals surface area contributed by atoms with E-state index in [0.717, 1.165) is 16.6 Å². The minimum absolute atomic E-state index is 0.00466. The molecule has 0 bridgehead atoms. The number of nitrogens with one attached hydrogen (secondary N) is 1. The van der Waals surface area contributed by atoms with Crippen molar-refractivity contribution >= 4 is 66.0 Å². The van der Waals surface area contributed by atoms with Crippen LogP contribution in [0.5, 0.6) is 0 Å². The first kappa shape index (κ1) is 15.8. The van der Waals surface area contributed by atoms with Crippen molar-refractivity contribution in [2.75, 3.05) is 5.32 Å². The first-order chi connectivity index (χ1) is 9.38. The third-order valence-corrected chi connectivity index (χ3v) is 4.47. The normalized spacial score (nSPS) is 10.4. The van der Waals surface area contributed by atoms with Gasteiger partial charge in [0.2, 0.25) is 0 Å². The molecule has 0 fully saturated rings. The number of hydrogen-bond donors (Lipinski definition) is 1. The molecule has 20 heavy (non-hydrogen) atoms. The van der Waals surface area contributed by atoms with Crippen LogP contribution in [-0.2, 0) is 0 Å². The number of halogens is 5. The summed E-state index contributed by atoms with van der Waals surface area (Å²) in [7, 11) is 0. The molecule has 0 aromatic heterocycles. The van der Waals surface area contributed by atoms with E-state index in [4.69, 9.17) is 0 Å². The van der Waals surface area contributed by atoms with Crippen molar-refractivity contribution < 1.29 is 13.6 Å². The van der Waals surface area contributed by atoms with Gasteiger partial charge in [-0.2, -0.15) is 0 Å². The van der Waals surface area contributed by atoms with Gasteiger partial charge in [0, 0.05) is 14.1 Å². The number of carbonyl (C=O) groups excluding carboxylic acids is 1. The van der Waals surface area contributed by atoms with Crippen LogP contribution in [0.1, 0.15) is 10.4 Å². The van der Waals surface area contributed by atoms with Crippen molar-refractivity contribution in [2.24, 2.45) is 0 Å². The fourth-order valence-electron chi connectivity index (χ4n) is 1.48. The lowest BCUT2D eigenvalue weighted by Gasteiger charge is -2.09. The Morgan fingerprint density at radius 3 is 2.50 bits per heavy atom. The van der Waals surface area contributed by atoms with E-state index >= 15 is 0 Å². The van der Waals surface area contributed by atoms with Crippen LogP contribution in [0.3, 0.4) is 0 Å². The second kappa shape index (κ2) is 6.48. The molecule has 2 rings (SSSR count). The molecule has 0 radical (unpaired) electrons. The summed E-state index contributed by atoms with van der Waals surface area (Å²) in [5.74, 6) is -1.86. The summed E-state index contributed by atoms with van der Waals surface area (Å²) in [6.07, 6.45) is 0. The first-order valence-electron chi connectivity index (χ1n) is 5.29. The monoisotopic (exact) mass is 515 g/mol. The molecule has 2 aromatic carbocycles. The lowest BCUT2D eigenvalue weighted by Crippen LogP contribution is -2.14. The highest BCUT2D eigenvalue weighted by Gasteiger charge is 2.15. The summed E-state index contributed by atoms with van der Waals surface area (Å²) in [5, 5.41) is 2.36. The zero-order valence-corrected chi connectivity index (χ0v) is 15.0. The molecule has 2 aromatic rings. The van der Waals surface area contributed by atoms with Gasteiger partial charge in [-0.3, -0.25) is 4.79 Å². The SMILES string of the molecule is O=C(Nc1cc(F)c(Br)cc1F)c1cc(Br)ccc1I. The van der Waals surface area contributed by atoms with Crippen LogP contribution in [0.4, 0.5) is 14.5 Å². The predicted molar refractivity (Wildman–Crippen MR) is 88.9 cm³/mol. The van der Waals surface area contributed by atoms with Crippen LogP contribution < -0.4 is 5.32 Å². The molecular formula is C13H6Br2F2INO. The van der Waals surface area contributed by atoms with E-state index in [0.29, 0.717) is 9.13 Å². The van der Waals surface area contributed by atoms with Gasteiger partial charge in [0.15, 0.2) is 0 Å². The molecule has 104 valence electrons. The lowest BCUT2D eigenvalue weighted by molar-refractivity contribution is 0.102. The smallest absolute Gasteiger partial charge is 0.256 e. The number of hydrogen-bond acceptors (Lipinski definition) is 1. The Labute approximate surface area is 144 Å². The summed E-state index contributed by atoms with van der Waals surface area (Å²) < 4.78 is 28.5. The van der Waals surface area contributed by atoms with Crippen LogP contribution in [0.25, 0.3) is 0 Å². The Morgan fingerprint density at radius 2 is 1.80 bits per heavy atom. The fourth-order valence-corrected chi connectivity index (χ4v) is 2.74. The van der Waals surface area contributed by atoms with Gasteiger partial charge in [0.1, 0.15) is 11.6 Å². The van der Waals surface area contributed by atoms with Crippen molar-refractivity contribution in [3.63, 3.8) is 0 Å². The molecule has 0 heterocycles. The molecule has 1 N–H and O–H groups in total. The zero-order chi connectivity index (χ0) is 14.9. The van der Waals surface area contributed by atoms with Crippen molar-refractivity contribution in [1.29, 1.82) is 0 Å². The Balaban J connectivity index is 2.32. The van der Waals surface area contributed by atoms with Gasteiger partial charge in [0.25, 0.3) is 5.91 Å². The van der Waals surface area contributed by atoms with E-state index in [1.54, 1.807) is 18.2 Å². The second-order valence-corrected chi connectivity index (χ2v) is 6.76. The standard InChI is InChI=1S/C13H6Br2F2INO/c14-6-1-2-11(18)7(3-6)13(20)19-12-5-9(16)8(15)4-10(12)17/h1-5H,(H,19,20). The molecule has 0 spiro atoms. The zero-order valence-electron chi connectivity index (χ0n) is 9.68. The topological polar surface area (TPSA) is 29.1 Å². The van der Waals surface area contributed by atoms with Crippen molar-refractivity contribution in [1.82, 2.24) is 0 Å². The van der Waals surface area contributed by atoms with Crippen LogP contribution in [0.2, 0.25) is 0 Å². The number of carbonyl (C=O) groups is 1. The highest BCUT2D eigenvalue weighted by Crippen LogP contribution is 2.25. The van der Waals surface area contributed by atoms with E-state index in [-0.39, 0.29) is 10.2 Å². The Bertz CT molecular complexity index is 694. The number of rotatable bonds is 2. The third-order valence-electron chi connectivity index (χ3n) is 2.43. The molecule has 7 heteroatoms. The molecular weight excluding hydrogens is 511 g/mol. The minimum atomic E-state index is -0.711. The Morgan fingerprint density at radius 1 is 1.10 bits per heavy atom. The quantitative estimate of drug-likeness (QED) is 0.423. The maximum atomic E-state index is 13.7. The van der Waals surface area contributed by atoms with E-state index in [1.165, 1.54) is 0 Å². The summed E-state index contributed by atoms with van der Waals surface area (Å²) in [5.41, 5.74) is 0.175. The largest absolute Gasteiger partial charge is 0.319 e. The maximum Gasteiger partial charge on any atom is 0.256 e. The van der Waals surface area contributed by atoms with E-state index in [1.807, 2.05) is 22.6 Å². The highest BCUT2D eigenvalue weighted by molar-refractivity contribution is 14.1.